The molecular weight excluding hydrogens is 600 g/mol. The van der Waals surface area contributed by atoms with Crippen molar-refractivity contribution in [3.8, 4) is 5.75 Å². The third kappa shape index (κ3) is 13.7. The molecule has 1 saturated heterocycles. The Kier molecular flexibility index (Phi) is 12.9. The Morgan fingerprint density at radius 3 is 2.07 bits per heavy atom. The molecule has 3 amide bonds. The van der Waals surface area contributed by atoms with Gasteiger partial charge in [-0.05, 0) is 95.6 Å². The van der Waals surface area contributed by atoms with Crippen LogP contribution in [-0.2, 0) is 20.7 Å². The molecule has 1 aliphatic rings. The number of halogens is 1. The van der Waals surface area contributed by atoms with Crippen LogP contribution in [0.15, 0.2) is 53.7 Å². The highest BCUT2D eigenvalue weighted by Gasteiger charge is 2.25. The van der Waals surface area contributed by atoms with Gasteiger partial charge in [0.25, 0.3) is 11.9 Å². The number of amides is 3. The van der Waals surface area contributed by atoms with E-state index in [1.807, 2.05) is 11.0 Å². The second kappa shape index (κ2) is 16.4. The zero-order valence-corrected chi connectivity index (χ0v) is 27.7. The number of ether oxygens (including phenoxy) is 3. The largest absolute Gasteiger partial charge is 0.493 e. The van der Waals surface area contributed by atoms with Gasteiger partial charge in [0.15, 0.2) is 0 Å². The van der Waals surface area contributed by atoms with E-state index < -0.39 is 23.4 Å². The van der Waals surface area contributed by atoms with Crippen LogP contribution >= 0.6 is 11.6 Å². The molecule has 0 spiro atoms. The van der Waals surface area contributed by atoms with Crippen molar-refractivity contribution in [3.63, 3.8) is 0 Å². The van der Waals surface area contributed by atoms with Crippen LogP contribution in [0.25, 0.3) is 0 Å². The standard InChI is InChI=1S/C33H45ClN4O7/c1-32(2,3)44-30(40)35-29(36-31(41)45-33(4,5)6)37-43-18-10-17-42-27-21-25(20-26(34)22-27)28(39)38-15-13-24(14-16-38)19-23-11-8-7-9-12-23/h7-9,11-12,20-22,24H,10,13-19H2,1-6H3,(H2,35,36,37,40,41). The van der Waals surface area contributed by atoms with Crippen LogP contribution in [-0.4, -0.2) is 66.5 Å². The first kappa shape index (κ1) is 35.5. The molecule has 1 aliphatic heterocycles. The zero-order valence-electron chi connectivity index (χ0n) is 27.0. The SMILES string of the molecule is CC(C)(C)OC(=O)NC(=NOCCCOc1cc(Cl)cc(C(=O)N2CCC(Cc3ccccc3)CC2)c1)NC(=O)OC(C)(C)C. The summed E-state index contributed by atoms with van der Waals surface area (Å²) in [5.74, 6) is 0.660. The number of alkyl carbamates (subject to hydrolysis) is 2. The van der Waals surface area contributed by atoms with Crippen molar-refractivity contribution in [2.75, 3.05) is 26.3 Å². The highest BCUT2D eigenvalue weighted by atomic mass is 35.5. The molecule has 0 unspecified atom stereocenters. The van der Waals surface area contributed by atoms with E-state index in [2.05, 4.69) is 40.1 Å². The van der Waals surface area contributed by atoms with Gasteiger partial charge in [0.2, 0.25) is 0 Å². The van der Waals surface area contributed by atoms with Gasteiger partial charge in [0.1, 0.15) is 23.6 Å². The number of benzene rings is 2. The maximum absolute atomic E-state index is 13.3. The van der Waals surface area contributed by atoms with E-state index in [1.165, 1.54) is 5.56 Å². The third-order valence-corrected chi connectivity index (χ3v) is 6.65. The maximum atomic E-state index is 13.3. The lowest BCUT2D eigenvalue weighted by molar-refractivity contribution is 0.0532. The molecule has 2 N–H and O–H groups in total. The van der Waals surface area contributed by atoms with Crippen molar-refractivity contribution in [2.24, 2.45) is 11.1 Å². The predicted molar refractivity (Wildman–Crippen MR) is 172 cm³/mol. The van der Waals surface area contributed by atoms with Gasteiger partial charge in [-0.3, -0.25) is 15.4 Å². The molecular formula is C33H45ClN4O7. The summed E-state index contributed by atoms with van der Waals surface area (Å²) in [5.41, 5.74) is 0.282. The van der Waals surface area contributed by atoms with Crippen LogP contribution < -0.4 is 15.4 Å². The average molecular weight is 645 g/mol. The van der Waals surface area contributed by atoms with Gasteiger partial charge in [-0.1, -0.05) is 41.9 Å². The van der Waals surface area contributed by atoms with E-state index in [-0.39, 0.29) is 25.1 Å². The monoisotopic (exact) mass is 644 g/mol. The minimum Gasteiger partial charge on any atom is -0.493 e. The summed E-state index contributed by atoms with van der Waals surface area (Å²) >= 11 is 6.32. The van der Waals surface area contributed by atoms with Gasteiger partial charge in [0.05, 0.1) is 6.61 Å². The van der Waals surface area contributed by atoms with Crippen LogP contribution in [0.5, 0.6) is 5.75 Å². The van der Waals surface area contributed by atoms with Crippen LogP contribution in [0.1, 0.15) is 76.7 Å². The van der Waals surface area contributed by atoms with Crippen molar-refractivity contribution < 1.29 is 33.4 Å². The fourth-order valence-electron chi connectivity index (χ4n) is 4.54. The summed E-state index contributed by atoms with van der Waals surface area (Å²) in [7, 11) is 0. The summed E-state index contributed by atoms with van der Waals surface area (Å²) in [6.07, 6.45) is 1.68. The Balaban J connectivity index is 1.48. The number of oxime groups is 1. The second-order valence-corrected chi connectivity index (χ2v) is 13.3. The lowest BCUT2D eigenvalue weighted by atomic mass is 9.90. The van der Waals surface area contributed by atoms with Crippen LogP contribution in [0.4, 0.5) is 9.59 Å². The topological polar surface area (TPSA) is 128 Å². The van der Waals surface area contributed by atoms with Crippen molar-refractivity contribution in [1.29, 1.82) is 0 Å². The summed E-state index contributed by atoms with van der Waals surface area (Å²) in [4.78, 5) is 44.8. The molecule has 11 nitrogen and oxygen atoms in total. The second-order valence-electron chi connectivity index (χ2n) is 12.8. The van der Waals surface area contributed by atoms with Gasteiger partial charge in [-0.25, -0.2) is 9.59 Å². The van der Waals surface area contributed by atoms with Gasteiger partial charge < -0.3 is 23.9 Å². The quantitative estimate of drug-likeness (QED) is 0.137. The number of nitrogens with zero attached hydrogens (tertiary/aromatic N) is 2. The summed E-state index contributed by atoms with van der Waals surface area (Å²) < 4.78 is 16.2. The number of guanidine groups is 1. The van der Waals surface area contributed by atoms with Crippen molar-refractivity contribution in [2.45, 2.75) is 78.4 Å². The molecule has 12 heteroatoms. The van der Waals surface area contributed by atoms with Gasteiger partial charge >= 0.3 is 12.2 Å². The third-order valence-electron chi connectivity index (χ3n) is 6.43. The predicted octanol–water partition coefficient (Wildman–Crippen LogP) is 6.54. The summed E-state index contributed by atoms with van der Waals surface area (Å²) in [5, 5.41) is 8.89. The summed E-state index contributed by atoms with van der Waals surface area (Å²) in [6, 6.07) is 15.4. The molecule has 3 rings (SSSR count). The number of rotatable bonds is 9. The van der Waals surface area contributed by atoms with Gasteiger partial charge in [0, 0.05) is 30.1 Å². The molecule has 246 valence electrons. The number of hydrogen-bond donors (Lipinski definition) is 2. The normalized spacial score (nSPS) is 13.8. The molecule has 1 fully saturated rings. The van der Waals surface area contributed by atoms with Crippen molar-refractivity contribution in [3.05, 3.63) is 64.7 Å². The fraction of sp³-hybridized carbons (Fsp3) is 0.515. The van der Waals surface area contributed by atoms with E-state index in [1.54, 1.807) is 59.7 Å². The number of carbonyl (C=O) groups is 3. The first-order chi connectivity index (χ1) is 21.2. The number of hydrogen-bond acceptors (Lipinski definition) is 8. The number of nitrogens with one attached hydrogen (secondary N) is 2. The molecule has 2 aromatic carbocycles. The Hall–Kier alpha value is -3.99. The fourth-order valence-corrected chi connectivity index (χ4v) is 4.77. The molecule has 2 aromatic rings. The smallest absolute Gasteiger partial charge is 0.414 e. The minimum absolute atomic E-state index is 0.0688. The molecule has 1 heterocycles. The first-order valence-electron chi connectivity index (χ1n) is 15.1. The molecule has 0 radical (unpaired) electrons. The van der Waals surface area contributed by atoms with Crippen LogP contribution in [0.3, 0.4) is 0 Å². The van der Waals surface area contributed by atoms with Gasteiger partial charge in [-0.15, -0.1) is 0 Å². The molecule has 0 atom stereocenters. The van der Waals surface area contributed by atoms with Crippen LogP contribution in [0.2, 0.25) is 5.02 Å². The molecule has 0 saturated carbocycles. The molecule has 0 aliphatic carbocycles. The van der Waals surface area contributed by atoms with E-state index in [0.29, 0.717) is 41.8 Å². The number of likely N-dealkylation sites (tertiary alicyclic amines) is 1. The first-order valence-corrected chi connectivity index (χ1v) is 15.5. The van der Waals surface area contributed by atoms with E-state index >= 15 is 0 Å². The zero-order chi connectivity index (χ0) is 33.0. The highest BCUT2D eigenvalue weighted by molar-refractivity contribution is 6.31. The number of piperidine rings is 1. The number of carbonyl (C=O) groups excluding carboxylic acids is 3. The van der Waals surface area contributed by atoms with Gasteiger partial charge in [-0.2, -0.15) is 0 Å². The van der Waals surface area contributed by atoms with Crippen LogP contribution in [0, 0.1) is 5.92 Å². The Bertz CT molecular complexity index is 1280. The minimum atomic E-state index is -0.827. The van der Waals surface area contributed by atoms with E-state index in [4.69, 9.17) is 30.6 Å². The highest BCUT2D eigenvalue weighted by Crippen LogP contribution is 2.26. The Morgan fingerprint density at radius 2 is 1.49 bits per heavy atom. The molecule has 0 bridgehead atoms. The summed E-state index contributed by atoms with van der Waals surface area (Å²) in [6.45, 7) is 12.0. The molecule has 0 aromatic heterocycles. The van der Waals surface area contributed by atoms with Crippen molar-refractivity contribution >= 4 is 35.7 Å². The Morgan fingerprint density at radius 1 is 0.889 bits per heavy atom. The van der Waals surface area contributed by atoms with E-state index in [0.717, 1.165) is 19.3 Å². The van der Waals surface area contributed by atoms with Crippen molar-refractivity contribution in [1.82, 2.24) is 15.5 Å². The Labute approximate surface area is 270 Å². The maximum Gasteiger partial charge on any atom is 0.414 e. The lowest BCUT2D eigenvalue weighted by Crippen LogP contribution is -2.47. The molecule has 45 heavy (non-hydrogen) atoms. The lowest BCUT2D eigenvalue weighted by Gasteiger charge is -2.32. The average Bonchev–Trinajstić information content (AvgIpc) is 2.93. The van der Waals surface area contributed by atoms with E-state index in [9.17, 15) is 14.4 Å².